The Hall–Kier alpha value is -2.17. The fourth-order valence-corrected chi connectivity index (χ4v) is 2.14. The lowest BCUT2D eigenvalue weighted by Crippen LogP contribution is -2.17. The van der Waals surface area contributed by atoms with Gasteiger partial charge in [0.05, 0.1) is 5.56 Å². The first-order valence-corrected chi connectivity index (χ1v) is 6.44. The lowest BCUT2D eigenvalue weighted by Gasteiger charge is -2.20. The van der Waals surface area contributed by atoms with Gasteiger partial charge in [-0.1, -0.05) is 18.2 Å². The van der Waals surface area contributed by atoms with Gasteiger partial charge in [0, 0.05) is 19.3 Å². The highest BCUT2D eigenvalue weighted by atomic mass is 19.4. The van der Waals surface area contributed by atoms with Gasteiger partial charge in [-0.3, -0.25) is 0 Å². The lowest BCUT2D eigenvalue weighted by atomic mass is 10.1. The molecule has 0 bridgehead atoms. The molecule has 1 N–H and O–H groups in total. The van der Waals surface area contributed by atoms with Crippen LogP contribution in [0.1, 0.15) is 16.7 Å². The van der Waals surface area contributed by atoms with Gasteiger partial charge < -0.3 is 10.0 Å². The summed E-state index contributed by atoms with van der Waals surface area (Å²) in [5, 5.41) is 9.32. The van der Waals surface area contributed by atoms with Crippen molar-refractivity contribution in [2.24, 2.45) is 0 Å². The quantitative estimate of drug-likeness (QED) is 0.909. The second kappa shape index (κ2) is 5.68. The molecule has 2 aromatic carbocycles. The van der Waals surface area contributed by atoms with Crippen LogP contribution in [0.15, 0.2) is 42.5 Å². The van der Waals surface area contributed by atoms with E-state index in [2.05, 4.69) is 0 Å². The minimum atomic E-state index is -4.55. The number of phenolic OH excluding ortho intramolecular Hbond substituents is 1. The van der Waals surface area contributed by atoms with Crippen molar-refractivity contribution in [1.82, 2.24) is 0 Å². The highest BCUT2D eigenvalue weighted by molar-refractivity contribution is 5.49. The zero-order valence-electron chi connectivity index (χ0n) is 11.8. The minimum Gasteiger partial charge on any atom is -0.507 e. The molecule has 112 valence electrons. The number of phenols is 1. The number of aromatic hydroxyl groups is 1. The maximum absolute atomic E-state index is 12.8. The molecule has 21 heavy (non-hydrogen) atoms. The van der Waals surface area contributed by atoms with Crippen LogP contribution in [-0.4, -0.2) is 12.2 Å². The summed E-state index contributed by atoms with van der Waals surface area (Å²) in [6, 6.07) is 11.3. The van der Waals surface area contributed by atoms with Crippen LogP contribution in [0.5, 0.6) is 5.75 Å². The molecule has 0 saturated carbocycles. The van der Waals surface area contributed by atoms with Crippen molar-refractivity contribution < 1.29 is 18.3 Å². The molecule has 0 atom stereocenters. The first-order valence-electron chi connectivity index (χ1n) is 6.44. The average Bonchev–Trinajstić information content (AvgIpc) is 2.39. The zero-order chi connectivity index (χ0) is 15.6. The maximum Gasteiger partial charge on any atom is 0.419 e. The van der Waals surface area contributed by atoms with E-state index in [0.717, 1.165) is 23.4 Å². The van der Waals surface area contributed by atoms with E-state index in [1.165, 1.54) is 6.07 Å². The van der Waals surface area contributed by atoms with E-state index in [1.54, 1.807) is 0 Å². The Morgan fingerprint density at radius 3 is 2.43 bits per heavy atom. The third kappa shape index (κ3) is 3.68. The summed E-state index contributed by atoms with van der Waals surface area (Å²) in [4.78, 5) is 1.86. The molecule has 0 heterocycles. The van der Waals surface area contributed by atoms with Crippen LogP contribution in [0.4, 0.5) is 18.9 Å². The first kappa shape index (κ1) is 15.2. The number of benzene rings is 2. The fourth-order valence-electron chi connectivity index (χ4n) is 2.14. The van der Waals surface area contributed by atoms with Crippen LogP contribution >= 0.6 is 0 Å². The van der Waals surface area contributed by atoms with Gasteiger partial charge in [0.15, 0.2) is 0 Å². The van der Waals surface area contributed by atoms with Gasteiger partial charge in [-0.15, -0.1) is 0 Å². The number of anilines is 1. The van der Waals surface area contributed by atoms with E-state index >= 15 is 0 Å². The summed E-state index contributed by atoms with van der Waals surface area (Å²) >= 11 is 0. The van der Waals surface area contributed by atoms with Crippen LogP contribution in [0, 0.1) is 6.92 Å². The van der Waals surface area contributed by atoms with Gasteiger partial charge in [0.1, 0.15) is 5.75 Å². The van der Waals surface area contributed by atoms with Crippen LogP contribution in [0.3, 0.4) is 0 Å². The van der Waals surface area contributed by atoms with Crippen LogP contribution in [0.2, 0.25) is 0 Å². The summed E-state index contributed by atoms with van der Waals surface area (Å²) in [7, 11) is 1.81. The molecule has 0 aliphatic heterocycles. The number of rotatable bonds is 3. The number of halogens is 3. The Bertz CT molecular complexity index is 638. The largest absolute Gasteiger partial charge is 0.507 e. The zero-order valence-corrected chi connectivity index (χ0v) is 11.8. The van der Waals surface area contributed by atoms with E-state index in [-0.39, 0.29) is 0 Å². The number of hydrogen-bond donors (Lipinski definition) is 1. The predicted octanol–water partition coefficient (Wildman–Crippen LogP) is 4.36. The molecule has 2 nitrogen and oxygen atoms in total. The highest BCUT2D eigenvalue weighted by Crippen LogP contribution is 2.36. The van der Waals surface area contributed by atoms with Gasteiger partial charge in [0.2, 0.25) is 0 Å². The highest BCUT2D eigenvalue weighted by Gasteiger charge is 2.34. The third-order valence-electron chi connectivity index (χ3n) is 3.23. The summed E-state index contributed by atoms with van der Waals surface area (Å²) < 4.78 is 38.3. The molecule has 2 rings (SSSR count). The SMILES string of the molecule is Cc1cccc(N(C)Cc2ccc(O)c(C(F)(F)F)c2)c1. The van der Waals surface area contributed by atoms with E-state index in [4.69, 9.17) is 0 Å². The molecular formula is C16H16F3NO. The maximum atomic E-state index is 12.8. The predicted molar refractivity (Wildman–Crippen MR) is 76.4 cm³/mol. The van der Waals surface area contributed by atoms with Gasteiger partial charge in [-0.2, -0.15) is 13.2 Å². The Morgan fingerprint density at radius 2 is 1.81 bits per heavy atom. The molecule has 0 aliphatic carbocycles. The van der Waals surface area contributed by atoms with E-state index < -0.39 is 17.5 Å². The number of aryl methyl sites for hydroxylation is 1. The van der Waals surface area contributed by atoms with Crippen molar-refractivity contribution in [3.05, 3.63) is 59.2 Å². The normalized spacial score (nSPS) is 11.5. The number of nitrogens with zero attached hydrogens (tertiary/aromatic N) is 1. The van der Waals surface area contributed by atoms with Crippen molar-refractivity contribution in [2.75, 3.05) is 11.9 Å². The fraction of sp³-hybridized carbons (Fsp3) is 0.250. The van der Waals surface area contributed by atoms with E-state index in [1.807, 2.05) is 43.1 Å². The monoisotopic (exact) mass is 295 g/mol. The number of hydrogen-bond acceptors (Lipinski definition) is 2. The van der Waals surface area contributed by atoms with Crippen LogP contribution in [0.25, 0.3) is 0 Å². The summed E-state index contributed by atoms with van der Waals surface area (Å²) in [6.07, 6.45) is -4.55. The minimum absolute atomic E-state index is 0.326. The summed E-state index contributed by atoms with van der Waals surface area (Å²) in [6.45, 7) is 2.28. The molecule has 0 fully saturated rings. The van der Waals surface area contributed by atoms with Gasteiger partial charge >= 0.3 is 6.18 Å². The molecule has 0 aromatic heterocycles. The third-order valence-corrected chi connectivity index (χ3v) is 3.23. The standard InChI is InChI=1S/C16H16F3NO/c1-11-4-3-5-13(8-11)20(2)10-12-6-7-15(21)14(9-12)16(17,18)19/h3-9,21H,10H2,1-2H3. The number of alkyl halides is 3. The Labute approximate surface area is 121 Å². The van der Waals surface area contributed by atoms with Gasteiger partial charge in [-0.05, 0) is 42.3 Å². The average molecular weight is 295 g/mol. The second-order valence-corrected chi connectivity index (χ2v) is 5.04. The summed E-state index contributed by atoms with van der Waals surface area (Å²) in [5.74, 6) is -0.746. The van der Waals surface area contributed by atoms with Crippen molar-refractivity contribution in [3.63, 3.8) is 0 Å². The van der Waals surface area contributed by atoms with Gasteiger partial charge in [-0.25, -0.2) is 0 Å². The smallest absolute Gasteiger partial charge is 0.419 e. The Morgan fingerprint density at radius 1 is 1.10 bits per heavy atom. The lowest BCUT2D eigenvalue weighted by molar-refractivity contribution is -0.138. The molecule has 0 aliphatic rings. The van der Waals surface area contributed by atoms with Gasteiger partial charge in [0.25, 0.3) is 0 Å². The second-order valence-electron chi connectivity index (χ2n) is 5.04. The van der Waals surface area contributed by atoms with Crippen molar-refractivity contribution in [1.29, 1.82) is 0 Å². The van der Waals surface area contributed by atoms with Crippen LogP contribution < -0.4 is 4.90 Å². The van der Waals surface area contributed by atoms with E-state index in [0.29, 0.717) is 12.1 Å². The first-order chi connectivity index (χ1) is 9.77. The molecule has 0 spiro atoms. The Kier molecular flexibility index (Phi) is 4.11. The van der Waals surface area contributed by atoms with Crippen molar-refractivity contribution in [2.45, 2.75) is 19.6 Å². The Balaban J connectivity index is 2.24. The molecular weight excluding hydrogens is 279 g/mol. The summed E-state index contributed by atoms with van der Waals surface area (Å²) in [5.41, 5.74) is 1.50. The van der Waals surface area contributed by atoms with E-state index in [9.17, 15) is 18.3 Å². The topological polar surface area (TPSA) is 23.5 Å². The van der Waals surface area contributed by atoms with Crippen LogP contribution in [-0.2, 0) is 12.7 Å². The molecule has 2 aromatic rings. The van der Waals surface area contributed by atoms with Crippen molar-refractivity contribution >= 4 is 5.69 Å². The molecule has 5 heteroatoms. The molecule has 0 amide bonds. The van der Waals surface area contributed by atoms with Crippen molar-refractivity contribution in [3.8, 4) is 5.75 Å². The molecule has 0 radical (unpaired) electrons. The molecule has 0 unspecified atom stereocenters. The molecule has 0 saturated heterocycles.